The lowest BCUT2D eigenvalue weighted by atomic mass is 10.2. The Hall–Kier alpha value is -3.74. The normalized spacial score (nSPS) is 11.6. The standard InChI is InChI=1S/C20H20F4N6O3/c1-3-29(4-2)11-14-9-10-15(33-14)18(31)26-27-19(32)16-17(20(22,23)24)30(28-25-16)13-7-5-12(21)6-8-13/h5-10H,3-4,11H2,1-2H3,(H,26,31)(H,27,32). The minimum Gasteiger partial charge on any atom is -0.454 e. The molecule has 2 heterocycles. The van der Waals surface area contributed by atoms with Crippen molar-refractivity contribution in [1.29, 1.82) is 0 Å². The van der Waals surface area contributed by atoms with Crippen LogP contribution in [0.4, 0.5) is 17.6 Å². The van der Waals surface area contributed by atoms with Crippen LogP contribution in [0.2, 0.25) is 0 Å². The molecule has 33 heavy (non-hydrogen) atoms. The number of halogens is 4. The first kappa shape index (κ1) is 23.9. The van der Waals surface area contributed by atoms with Crippen LogP contribution in [0.15, 0.2) is 40.8 Å². The van der Waals surface area contributed by atoms with Crippen LogP contribution in [-0.4, -0.2) is 44.8 Å². The molecular weight excluding hydrogens is 448 g/mol. The predicted molar refractivity (Wildman–Crippen MR) is 107 cm³/mol. The number of hydrogen-bond donors (Lipinski definition) is 2. The van der Waals surface area contributed by atoms with Crippen molar-refractivity contribution >= 4 is 11.8 Å². The Labute approximate surface area is 185 Å². The van der Waals surface area contributed by atoms with Crippen molar-refractivity contribution in [1.82, 2.24) is 30.7 Å². The summed E-state index contributed by atoms with van der Waals surface area (Å²) in [5.74, 6) is -2.50. The topological polar surface area (TPSA) is 105 Å². The minimum atomic E-state index is -5.02. The van der Waals surface area contributed by atoms with Crippen molar-refractivity contribution in [2.45, 2.75) is 26.6 Å². The van der Waals surface area contributed by atoms with Gasteiger partial charge in [0.05, 0.1) is 12.2 Å². The summed E-state index contributed by atoms with van der Waals surface area (Å²) in [7, 11) is 0. The van der Waals surface area contributed by atoms with E-state index in [9.17, 15) is 27.2 Å². The molecule has 3 aromatic rings. The summed E-state index contributed by atoms with van der Waals surface area (Å²) in [5, 5.41) is 6.66. The molecule has 0 aliphatic carbocycles. The van der Waals surface area contributed by atoms with Crippen LogP contribution in [0.3, 0.4) is 0 Å². The summed E-state index contributed by atoms with van der Waals surface area (Å²) in [4.78, 5) is 26.6. The maximum absolute atomic E-state index is 13.6. The van der Waals surface area contributed by atoms with Gasteiger partial charge in [-0.25, -0.2) is 9.07 Å². The van der Waals surface area contributed by atoms with E-state index in [-0.39, 0.29) is 11.4 Å². The molecule has 0 saturated carbocycles. The summed E-state index contributed by atoms with van der Waals surface area (Å²) in [6.45, 7) is 5.95. The summed E-state index contributed by atoms with van der Waals surface area (Å²) in [6, 6.07) is 6.95. The van der Waals surface area contributed by atoms with Crippen molar-refractivity contribution in [3.05, 3.63) is 65.1 Å². The lowest BCUT2D eigenvalue weighted by Gasteiger charge is -2.15. The van der Waals surface area contributed by atoms with E-state index in [0.29, 0.717) is 17.0 Å². The fourth-order valence-corrected chi connectivity index (χ4v) is 2.94. The number of aromatic nitrogens is 3. The fraction of sp³-hybridized carbons (Fsp3) is 0.300. The lowest BCUT2D eigenvalue weighted by molar-refractivity contribution is -0.143. The van der Waals surface area contributed by atoms with Gasteiger partial charge in [-0.05, 0) is 49.5 Å². The van der Waals surface area contributed by atoms with E-state index in [4.69, 9.17) is 4.42 Å². The van der Waals surface area contributed by atoms with Gasteiger partial charge in [-0.3, -0.25) is 25.3 Å². The molecule has 0 aliphatic heterocycles. The van der Waals surface area contributed by atoms with Gasteiger partial charge in [0, 0.05) is 0 Å². The molecule has 0 spiro atoms. The van der Waals surface area contributed by atoms with Crippen molar-refractivity contribution in [3.63, 3.8) is 0 Å². The van der Waals surface area contributed by atoms with Crippen LogP contribution in [0.1, 0.15) is 46.3 Å². The molecule has 0 atom stereocenters. The highest BCUT2D eigenvalue weighted by atomic mass is 19.4. The van der Waals surface area contributed by atoms with E-state index in [1.807, 2.05) is 29.6 Å². The molecule has 0 radical (unpaired) electrons. The number of rotatable bonds is 7. The molecule has 2 amide bonds. The van der Waals surface area contributed by atoms with Crippen LogP contribution in [0, 0.1) is 5.82 Å². The van der Waals surface area contributed by atoms with Gasteiger partial charge >= 0.3 is 12.1 Å². The number of hydrazine groups is 1. The van der Waals surface area contributed by atoms with Gasteiger partial charge in [-0.15, -0.1) is 5.10 Å². The zero-order chi connectivity index (χ0) is 24.2. The lowest BCUT2D eigenvalue weighted by Crippen LogP contribution is -2.42. The molecule has 2 N–H and O–H groups in total. The maximum Gasteiger partial charge on any atom is 0.435 e. The summed E-state index contributed by atoms with van der Waals surface area (Å²) in [5.41, 5.74) is 1.14. The van der Waals surface area contributed by atoms with Crippen LogP contribution in [0.25, 0.3) is 5.69 Å². The van der Waals surface area contributed by atoms with E-state index in [0.717, 1.165) is 37.4 Å². The van der Waals surface area contributed by atoms with Crippen LogP contribution < -0.4 is 10.9 Å². The molecule has 176 valence electrons. The fourth-order valence-electron chi connectivity index (χ4n) is 2.94. The molecule has 3 rings (SSSR count). The summed E-state index contributed by atoms with van der Waals surface area (Å²) < 4.78 is 59.8. The first-order chi connectivity index (χ1) is 15.6. The highest BCUT2D eigenvalue weighted by Gasteiger charge is 2.42. The Bertz CT molecular complexity index is 1120. The number of furan rings is 1. The second kappa shape index (κ2) is 9.81. The van der Waals surface area contributed by atoms with Gasteiger partial charge in [-0.1, -0.05) is 19.1 Å². The molecule has 9 nitrogen and oxygen atoms in total. The van der Waals surface area contributed by atoms with Crippen LogP contribution >= 0.6 is 0 Å². The Morgan fingerprint density at radius 3 is 2.27 bits per heavy atom. The molecule has 0 bridgehead atoms. The van der Waals surface area contributed by atoms with E-state index in [1.165, 1.54) is 6.07 Å². The molecule has 13 heteroatoms. The molecule has 2 aromatic heterocycles. The third-order valence-corrected chi connectivity index (χ3v) is 4.67. The number of carbonyl (C=O) groups excluding carboxylic acids is 2. The first-order valence-electron chi connectivity index (χ1n) is 9.84. The number of benzene rings is 1. The average Bonchev–Trinajstić information content (AvgIpc) is 3.43. The number of hydrogen-bond acceptors (Lipinski definition) is 6. The number of amides is 2. The molecule has 0 fully saturated rings. The average molecular weight is 468 g/mol. The Morgan fingerprint density at radius 1 is 1.03 bits per heavy atom. The smallest absolute Gasteiger partial charge is 0.435 e. The highest BCUT2D eigenvalue weighted by Crippen LogP contribution is 2.32. The third-order valence-electron chi connectivity index (χ3n) is 4.67. The van der Waals surface area contributed by atoms with E-state index in [1.54, 1.807) is 6.07 Å². The monoisotopic (exact) mass is 468 g/mol. The van der Waals surface area contributed by atoms with Gasteiger partial charge in [0.15, 0.2) is 17.1 Å². The summed E-state index contributed by atoms with van der Waals surface area (Å²) in [6.07, 6.45) is -5.02. The molecule has 0 unspecified atom stereocenters. The van der Waals surface area contributed by atoms with E-state index < -0.39 is 35.2 Å². The van der Waals surface area contributed by atoms with Gasteiger partial charge in [0.1, 0.15) is 11.6 Å². The number of nitrogens with zero attached hydrogens (tertiary/aromatic N) is 4. The summed E-state index contributed by atoms with van der Waals surface area (Å²) >= 11 is 0. The molecule has 0 aliphatic rings. The Balaban J connectivity index is 1.74. The second-order valence-electron chi connectivity index (χ2n) is 6.81. The van der Waals surface area contributed by atoms with Crippen LogP contribution in [-0.2, 0) is 12.7 Å². The van der Waals surface area contributed by atoms with E-state index in [2.05, 4.69) is 10.3 Å². The molecule has 0 saturated heterocycles. The first-order valence-corrected chi connectivity index (χ1v) is 9.84. The Kier molecular flexibility index (Phi) is 7.11. The van der Waals surface area contributed by atoms with Gasteiger partial charge < -0.3 is 4.42 Å². The SMILES string of the molecule is CCN(CC)Cc1ccc(C(=O)NNC(=O)c2nnn(-c3ccc(F)cc3)c2C(F)(F)F)o1. The number of alkyl halides is 3. The Morgan fingerprint density at radius 2 is 1.67 bits per heavy atom. The number of nitrogens with one attached hydrogen (secondary N) is 2. The highest BCUT2D eigenvalue weighted by molar-refractivity contribution is 5.97. The van der Waals surface area contributed by atoms with Crippen molar-refractivity contribution in [2.75, 3.05) is 13.1 Å². The quantitative estimate of drug-likeness (QED) is 0.408. The van der Waals surface area contributed by atoms with Crippen molar-refractivity contribution < 1.29 is 31.6 Å². The maximum atomic E-state index is 13.6. The second-order valence-corrected chi connectivity index (χ2v) is 6.81. The van der Waals surface area contributed by atoms with Gasteiger partial charge in [-0.2, -0.15) is 13.2 Å². The zero-order valence-corrected chi connectivity index (χ0v) is 17.6. The van der Waals surface area contributed by atoms with Gasteiger partial charge in [0.2, 0.25) is 0 Å². The molecular formula is C20H20F4N6O3. The third kappa shape index (κ3) is 5.55. The van der Waals surface area contributed by atoms with Crippen LogP contribution in [0.5, 0.6) is 0 Å². The van der Waals surface area contributed by atoms with E-state index >= 15 is 0 Å². The van der Waals surface area contributed by atoms with Crippen molar-refractivity contribution in [3.8, 4) is 5.69 Å². The van der Waals surface area contributed by atoms with Crippen molar-refractivity contribution in [2.24, 2.45) is 0 Å². The zero-order valence-electron chi connectivity index (χ0n) is 17.6. The van der Waals surface area contributed by atoms with Gasteiger partial charge in [0.25, 0.3) is 5.91 Å². The largest absolute Gasteiger partial charge is 0.454 e. The molecule has 1 aromatic carbocycles. The number of carbonyl (C=O) groups is 2. The predicted octanol–water partition coefficient (Wildman–Crippen LogP) is 2.93. The minimum absolute atomic E-state index is 0.136.